The van der Waals surface area contributed by atoms with Gasteiger partial charge in [0.05, 0.1) is 11.7 Å². The highest BCUT2D eigenvalue weighted by Gasteiger charge is 2.22. The van der Waals surface area contributed by atoms with Gasteiger partial charge in [0.1, 0.15) is 0 Å². The smallest absolute Gasteiger partial charge is 0.242 e. The second kappa shape index (κ2) is 7.82. The molecule has 118 valence electrons. The second-order valence-corrected chi connectivity index (χ2v) is 6.65. The van der Waals surface area contributed by atoms with Gasteiger partial charge in [-0.2, -0.15) is 0 Å². The largest absolute Gasteiger partial charge is 0.332 e. The fraction of sp³-hybridized carbons (Fsp3) is 0.286. The van der Waals surface area contributed by atoms with E-state index >= 15 is 0 Å². The van der Waals surface area contributed by atoms with Crippen LogP contribution < -0.4 is 16.0 Å². The van der Waals surface area contributed by atoms with Gasteiger partial charge in [0.2, 0.25) is 5.91 Å². The molecule has 2 heterocycles. The summed E-state index contributed by atoms with van der Waals surface area (Å²) >= 11 is 3.31. The van der Waals surface area contributed by atoms with E-state index in [1.807, 2.05) is 36.6 Å². The van der Waals surface area contributed by atoms with Gasteiger partial charge in [0.25, 0.3) is 0 Å². The molecule has 0 spiro atoms. The van der Waals surface area contributed by atoms with Crippen molar-refractivity contribution in [2.75, 3.05) is 22.3 Å². The lowest BCUT2D eigenvalue weighted by molar-refractivity contribution is -0.117. The fourth-order valence-electron chi connectivity index (χ4n) is 1.96. The quantitative estimate of drug-likeness (QED) is 0.785. The van der Waals surface area contributed by atoms with E-state index in [4.69, 9.17) is 0 Å². The summed E-state index contributed by atoms with van der Waals surface area (Å²) in [5.41, 5.74) is 2.77. The number of hydrogen-bond donors (Lipinski definition) is 3. The van der Waals surface area contributed by atoms with Gasteiger partial charge in [-0.25, -0.2) is 4.98 Å². The van der Waals surface area contributed by atoms with Crippen LogP contribution in [0.4, 0.5) is 16.5 Å². The first-order valence-corrected chi connectivity index (χ1v) is 8.65. The van der Waals surface area contributed by atoms with E-state index in [2.05, 4.69) is 20.9 Å². The minimum absolute atomic E-state index is 0. The summed E-state index contributed by atoms with van der Waals surface area (Å²) in [5.74, 6) is 1.69. The highest BCUT2D eigenvalue weighted by molar-refractivity contribution is 7.99. The van der Waals surface area contributed by atoms with Crippen LogP contribution >= 0.6 is 35.5 Å². The molecule has 0 radical (unpaired) electrons. The van der Waals surface area contributed by atoms with Crippen LogP contribution in [0.15, 0.2) is 29.6 Å². The van der Waals surface area contributed by atoms with Crippen molar-refractivity contribution in [2.24, 2.45) is 0 Å². The molecule has 3 N–H and O–H groups in total. The molecule has 0 aliphatic carbocycles. The molecule has 22 heavy (non-hydrogen) atoms. The maximum Gasteiger partial charge on any atom is 0.242 e. The van der Waals surface area contributed by atoms with Crippen LogP contribution in [0.5, 0.6) is 0 Å². The average Bonchev–Trinajstić information content (AvgIpc) is 3.13. The molecule has 3 rings (SSSR count). The van der Waals surface area contributed by atoms with Crippen molar-refractivity contribution in [3.05, 3.63) is 35.3 Å². The van der Waals surface area contributed by atoms with Gasteiger partial charge in [-0.15, -0.1) is 35.5 Å². The van der Waals surface area contributed by atoms with Crippen molar-refractivity contribution in [2.45, 2.75) is 13.0 Å². The van der Waals surface area contributed by atoms with Gasteiger partial charge in [0, 0.05) is 28.4 Å². The molecule has 1 aliphatic heterocycles. The normalized spacial score (nSPS) is 16.9. The van der Waals surface area contributed by atoms with Crippen LogP contribution in [0.25, 0.3) is 0 Å². The summed E-state index contributed by atoms with van der Waals surface area (Å²) in [5, 5.41) is 12.2. The maximum atomic E-state index is 12.0. The van der Waals surface area contributed by atoms with Gasteiger partial charge in [-0.3, -0.25) is 10.1 Å². The first-order valence-electron chi connectivity index (χ1n) is 6.62. The number of halogens is 1. The Morgan fingerprint density at radius 2 is 2.05 bits per heavy atom. The number of nitrogens with zero attached hydrogens (tertiary/aromatic N) is 1. The predicted molar refractivity (Wildman–Crippen MR) is 96.7 cm³/mol. The molecule has 1 aliphatic rings. The number of benzene rings is 1. The third-order valence-electron chi connectivity index (χ3n) is 3.06. The molecule has 1 aromatic heterocycles. The van der Waals surface area contributed by atoms with Gasteiger partial charge < -0.3 is 10.6 Å². The Kier molecular flexibility index (Phi) is 6.07. The summed E-state index contributed by atoms with van der Waals surface area (Å²) in [4.78, 5) is 16.3. The molecule has 2 aromatic rings. The molecule has 5 nitrogen and oxygen atoms in total. The zero-order valence-corrected chi connectivity index (χ0v) is 14.4. The number of nitrogens with one attached hydrogen (secondary N) is 3. The molecular formula is C14H17ClN4OS2. The van der Waals surface area contributed by atoms with E-state index < -0.39 is 0 Å². The third-order valence-corrected chi connectivity index (χ3v) is 4.87. The highest BCUT2D eigenvalue weighted by atomic mass is 35.5. The van der Waals surface area contributed by atoms with Crippen LogP contribution in [0.1, 0.15) is 5.69 Å². The van der Waals surface area contributed by atoms with E-state index in [1.54, 1.807) is 23.1 Å². The molecule has 1 fully saturated rings. The average molecular weight is 357 g/mol. The molecule has 0 saturated carbocycles. The molecule has 1 unspecified atom stereocenters. The standard InChI is InChI=1S/C14H16N4OS2.ClH/c1-9-6-21-14(16-9)18-11-4-2-10(3-5-11)17-13(19)12-7-20-8-15-12;/h2-6,12,15H,7-8H2,1H3,(H,16,18)(H,17,19);1H. The Hall–Kier alpha value is -1.28. The summed E-state index contributed by atoms with van der Waals surface area (Å²) in [7, 11) is 0. The van der Waals surface area contributed by atoms with Gasteiger partial charge >= 0.3 is 0 Å². The fourth-order valence-corrected chi connectivity index (χ4v) is 3.61. The van der Waals surface area contributed by atoms with Crippen LogP contribution in [0.3, 0.4) is 0 Å². The summed E-state index contributed by atoms with van der Waals surface area (Å²) < 4.78 is 0. The van der Waals surface area contributed by atoms with Crippen molar-refractivity contribution < 1.29 is 4.79 Å². The Balaban J connectivity index is 0.00000176. The number of aryl methyl sites for hydroxylation is 1. The van der Waals surface area contributed by atoms with Gasteiger partial charge in [-0.1, -0.05) is 0 Å². The highest BCUT2D eigenvalue weighted by Crippen LogP contribution is 2.22. The first kappa shape index (κ1) is 17.1. The number of carbonyl (C=O) groups excluding carboxylic acids is 1. The van der Waals surface area contributed by atoms with Crippen LogP contribution in [0, 0.1) is 6.92 Å². The topological polar surface area (TPSA) is 66.0 Å². The predicted octanol–water partition coefficient (Wildman–Crippen LogP) is 3.22. The lowest BCUT2D eigenvalue weighted by Gasteiger charge is -2.11. The molecule has 0 bridgehead atoms. The Morgan fingerprint density at radius 1 is 1.32 bits per heavy atom. The number of rotatable bonds is 4. The van der Waals surface area contributed by atoms with E-state index in [9.17, 15) is 4.79 Å². The Bertz CT molecular complexity index is 626. The number of thiazole rings is 1. The van der Waals surface area contributed by atoms with Crippen molar-refractivity contribution in [1.82, 2.24) is 10.3 Å². The number of thioether (sulfide) groups is 1. The number of carbonyl (C=O) groups is 1. The summed E-state index contributed by atoms with van der Waals surface area (Å²) in [6.45, 7) is 1.97. The van der Waals surface area contributed by atoms with Crippen molar-refractivity contribution in [3.63, 3.8) is 0 Å². The number of hydrogen-bond acceptors (Lipinski definition) is 6. The monoisotopic (exact) mass is 356 g/mol. The third kappa shape index (κ3) is 4.36. The molecule has 1 amide bonds. The second-order valence-electron chi connectivity index (χ2n) is 4.76. The number of anilines is 3. The number of aromatic nitrogens is 1. The first-order chi connectivity index (χ1) is 10.2. The van der Waals surface area contributed by atoms with E-state index in [0.29, 0.717) is 0 Å². The molecule has 1 saturated heterocycles. The van der Waals surface area contributed by atoms with Crippen LogP contribution in [0.2, 0.25) is 0 Å². The van der Waals surface area contributed by atoms with E-state index in [1.165, 1.54) is 0 Å². The van der Waals surface area contributed by atoms with E-state index in [-0.39, 0.29) is 24.4 Å². The molecular weight excluding hydrogens is 340 g/mol. The van der Waals surface area contributed by atoms with Crippen molar-refractivity contribution in [3.8, 4) is 0 Å². The lowest BCUT2D eigenvalue weighted by atomic mass is 10.2. The Labute approximate surface area is 143 Å². The minimum atomic E-state index is -0.0916. The SMILES string of the molecule is Cc1csc(Nc2ccc(NC(=O)C3CSCN3)cc2)n1.Cl. The Morgan fingerprint density at radius 3 is 2.64 bits per heavy atom. The maximum absolute atomic E-state index is 12.0. The van der Waals surface area contributed by atoms with Crippen molar-refractivity contribution >= 4 is 57.9 Å². The minimum Gasteiger partial charge on any atom is -0.332 e. The molecule has 1 atom stereocenters. The number of amides is 1. The molecule has 1 aromatic carbocycles. The van der Waals surface area contributed by atoms with Crippen LogP contribution in [-0.4, -0.2) is 28.6 Å². The molecule has 8 heteroatoms. The summed E-state index contributed by atoms with van der Waals surface area (Å²) in [6, 6.07) is 7.56. The summed E-state index contributed by atoms with van der Waals surface area (Å²) in [6.07, 6.45) is 0. The zero-order chi connectivity index (χ0) is 14.7. The lowest BCUT2D eigenvalue weighted by Crippen LogP contribution is -2.37. The van der Waals surface area contributed by atoms with Crippen molar-refractivity contribution in [1.29, 1.82) is 0 Å². The zero-order valence-electron chi connectivity index (χ0n) is 12.0. The van der Waals surface area contributed by atoms with Gasteiger partial charge in [-0.05, 0) is 31.2 Å². The van der Waals surface area contributed by atoms with E-state index in [0.717, 1.165) is 33.8 Å². The van der Waals surface area contributed by atoms with Crippen LogP contribution in [-0.2, 0) is 4.79 Å². The van der Waals surface area contributed by atoms with Gasteiger partial charge in [0.15, 0.2) is 5.13 Å².